The lowest BCUT2D eigenvalue weighted by atomic mass is 10.1. The SMILES string of the molecule is CCCCN(C)C(=O)c1nc(C(=O)Nc2c(F)cccc2F)n2c1CCCC2. The molecule has 1 aromatic carbocycles. The number of rotatable bonds is 6. The van der Waals surface area contributed by atoms with E-state index in [0.29, 0.717) is 25.2 Å². The van der Waals surface area contributed by atoms with Gasteiger partial charge in [-0.2, -0.15) is 0 Å². The molecule has 0 unspecified atom stereocenters. The second-order valence-electron chi connectivity index (χ2n) is 6.97. The number of hydrogen-bond donors (Lipinski definition) is 1. The van der Waals surface area contributed by atoms with Crippen molar-refractivity contribution in [3.63, 3.8) is 0 Å². The first kappa shape index (κ1) is 20.0. The standard InChI is InChI=1S/C20H24F2N4O2/c1-3-4-11-25(2)20(28)17-15-10-5-6-12-26(15)18(23-17)19(27)24-16-13(21)8-7-9-14(16)22/h7-9H,3-6,10-12H2,1-2H3,(H,24,27). The predicted molar refractivity (Wildman–Crippen MR) is 101 cm³/mol. The van der Waals surface area contributed by atoms with Crippen molar-refractivity contribution in [2.45, 2.75) is 45.6 Å². The van der Waals surface area contributed by atoms with Crippen molar-refractivity contribution >= 4 is 17.5 Å². The summed E-state index contributed by atoms with van der Waals surface area (Å²) >= 11 is 0. The van der Waals surface area contributed by atoms with Gasteiger partial charge in [-0.15, -0.1) is 0 Å². The van der Waals surface area contributed by atoms with Gasteiger partial charge in [-0.1, -0.05) is 19.4 Å². The van der Waals surface area contributed by atoms with E-state index in [4.69, 9.17) is 0 Å². The Bertz CT molecular complexity index is 874. The molecule has 2 amide bonds. The normalized spacial score (nSPS) is 13.1. The highest BCUT2D eigenvalue weighted by Crippen LogP contribution is 2.24. The fraction of sp³-hybridized carbons (Fsp3) is 0.450. The molecule has 150 valence electrons. The Kier molecular flexibility index (Phi) is 6.06. The largest absolute Gasteiger partial charge is 0.340 e. The topological polar surface area (TPSA) is 67.2 Å². The number of benzene rings is 1. The van der Waals surface area contributed by atoms with Crippen LogP contribution in [0.3, 0.4) is 0 Å². The third-order valence-electron chi connectivity index (χ3n) is 4.92. The first-order valence-electron chi connectivity index (χ1n) is 9.54. The summed E-state index contributed by atoms with van der Waals surface area (Å²) in [7, 11) is 1.71. The van der Waals surface area contributed by atoms with Gasteiger partial charge in [0.1, 0.15) is 23.0 Å². The van der Waals surface area contributed by atoms with Gasteiger partial charge in [0.25, 0.3) is 11.8 Å². The van der Waals surface area contributed by atoms with E-state index in [1.807, 2.05) is 6.92 Å². The van der Waals surface area contributed by atoms with Crippen LogP contribution in [-0.4, -0.2) is 39.9 Å². The van der Waals surface area contributed by atoms with E-state index in [1.165, 1.54) is 6.07 Å². The van der Waals surface area contributed by atoms with Gasteiger partial charge in [0.15, 0.2) is 5.82 Å². The predicted octanol–water partition coefficient (Wildman–Crippen LogP) is 3.62. The van der Waals surface area contributed by atoms with Crippen LogP contribution in [0, 0.1) is 11.6 Å². The molecule has 0 radical (unpaired) electrons. The van der Waals surface area contributed by atoms with Crippen LogP contribution in [0.2, 0.25) is 0 Å². The number of para-hydroxylation sites is 1. The highest BCUT2D eigenvalue weighted by molar-refractivity contribution is 6.03. The first-order chi connectivity index (χ1) is 13.4. The van der Waals surface area contributed by atoms with Crippen LogP contribution in [0.1, 0.15) is 59.4 Å². The molecule has 8 heteroatoms. The van der Waals surface area contributed by atoms with Gasteiger partial charge < -0.3 is 14.8 Å². The Morgan fingerprint density at radius 1 is 1.25 bits per heavy atom. The van der Waals surface area contributed by atoms with Crippen molar-refractivity contribution in [2.24, 2.45) is 0 Å². The lowest BCUT2D eigenvalue weighted by molar-refractivity contribution is 0.0786. The fourth-order valence-electron chi connectivity index (χ4n) is 3.35. The molecule has 1 aromatic heterocycles. The van der Waals surface area contributed by atoms with Crippen LogP contribution in [0.25, 0.3) is 0 Å². The molecule has 0 spiro atoms. The molecule has 0 saturated heterocycles. The minimum absolute atomic E-state index is 0.00425. The number of nitrogens with zero attached hydrogens (tertiary/aromatic N) is 3. The summed E-state index contributed by atoms with van der Waals surface area (Å²) in [6.07, 6.45) is 4.21. The van der Waals surface area contributed by atoms with Crippen LogP contribution < -0.4 is 5.32 Å². The lowest BCUT2D eigenvalue weighted by Crippen LogP contribution is -2.29. The molecular formula is C20H24F2N4O2. The highest BCUT2D eigenvalue weighted by atomic mass is 19.1. The average Bonchev–Trinajstić information content (AvgIpc) is 3.08. The molecule has 28 heavy (non-hydrogen) atoms. The van der Waals surface area contributed by atoms with E-state index in [2.05, 4.69) is 10.3 Å². The molecule has 0 fully saturated rings. The van der Waals surface area contributed by atoms with E-state index >= 15 is 0 Å². The fourth-order valence-corrected chi connectivity index (χ4v) is 3.35. The Balaban J connectivity index is 1.92. The molecule has 0 atom stereocenters. The van der Waals surface area contributed by atoms with Crippen molar-refractivity contribution in [1.29, 1.82) is 0 Å². The summed E-state index contributed by atoms with van der Waals surface area (Å²) in [4.78, 5) is 31.4. The quantitative estimate of drug-likeness (QED) is 0.819. The zero-order valence-corrected chi connectivity index (χ0v) is 16.1. The average molecular weight is 390 g/mol. The van der Waals surface area contributed by atoms with Gasteiger partial charge in [-0.05, 0) is 37.8 Å². The zero-order chi connectivity index (χ0) is 20.3. The van der Waals surface area contributed by atoms with E-state index in [9.17, 15) is 18.4 Å². The molecule has 6 nitrogen and oxygen atoms in total. The number of carbonyl (C=O) groups is 2. The van der Waals surface area contributed by atoms with E-state index < -0.39 is 23.2 Å². The van der Waals surface area contributed by atoms with Crippen LogP contribution in [0.15, 0.2) is 18.2 Å². The third kappa shape index (κ3) is 3.90. The number of hydrogen-bond acceptors (Lipinski definition) is 3. The summed E-state index contributed by atoms with van der Waals surface area (Å²) < 4.78 is 29.5. The van der Waals surface area contributed by atoms with Crippen molar-refractivity contribution in [3.05, 3.63) is 47.0 Å². The van der Waals surface area contributed by atoms with Crippen molar-refractivity contribution < 1.29 is 18.4 Å². The molecule has 1 aliphatic heterocycles. The van der Waals surface area contributed by atoms with Crippen LogP contribution in [0.5, 0.6) is 0 Å². The Morgan fingerprint density at radius 3 is 2.64 bits per heavy atom. The van der Waals surface area contributed by atoms with Crippen molar-refractivity contribution in [3.8, 4) is 0 Å². The van der Waals surface area contributed by atoms with Crippen LogP contribution in [0.4, 0.5) is 14.5 Å². The maximum atomic E-state index is 13.9. The van der Waals surface area contributed by atoms with Gasteiger partial charge >= 0.3 is 0 Å². The number of nitrogens with one attached hydrogen (secondary N) is 1. The van der Waals surface area contributed by atoms with Crippen LogP contribution in [-0.2, 0) is 13.0 Å². The molecule has 0 saturated carbocycles. The minimum atomic E-state index is -0.866. The number of halogens is 2. The monoisotopic (exact) mass is 390 g/mol. The number of imidazole rings is 1. The van der Waals surface area contributed by atoms with Gasteiger partial charge in [-0.25, -0.2) is 13.8 Å². The number of unbranched alkanes of at least 4 members (excludes halogenated alkanes) is 1. The number of aromatic nitrogens is 2. The number of fused-ring (bicyclic) bond motifs is 1. The molecule has 0 bridgehead atoms. The summed E-state index contributed by atoms with van der Waals surface area (Å²) in [5, 5.41) is 2.26. The second-order valence-corrected chi connectivity index (χ2v) is 6.97. The van der Waals surface area contributed by atoms with Crippen LogP contribution >= 0.6 is 0 Å². The number of carbonyl (C=O) groups excluding carboxylic acids is 2. The van der Waals surface area contributed by atoms with Crippen molar-refractivity contribution in [2.75, 3.05) is 18.9 Å². The van der Waals surface area contributed by atoms with Gasteiger partial charge in [0, 0.05) is 20.1 Å². The summed E-state index contributed by atoms with van der Waals surface area (Å²) in [5.41, 5.74) is 0.435. The second kappa shape index (κ2) is 8.50. The molecule has 0 aliphatic carbocycles. The maximum absolute atomic E-state index is 13.9. The molecular weight excluding hydrogens is 366 g/mol. The third-order valence-corrected chi connectivity index (χ3v) is 4.92. The summed E-state index contributed by atoms with van der Waals surface area (Å²) in [6.45, 7) is 3.18. The molecule has 3 rings (SSSR count). The number of amides is 2. The Morgan fingerprint density at radius 2 is 1.96 bits per heavy atom. The molecule has 1 aliphatic rings. The maximum Gasteiger partial charge on any atom is 0.291 e. The smallest absolute Gasteiger partial charge is 0.291 e. The van der Waals surface area contributed by atoms with E-state index in [0.717, 1.165) is 37.8 Å². The van der Waals surface area contributed by atoms with Crippen molar-refractivity contribution in [1.82, 2.24) is 14.5 Å². The number of anilines is 1. The van der Waals surface area contributed by atoms with E-state index in [-0.39, 0.29) is 17.4 Å². The van der Waals surface area contributed by atoms with Gasteiger partial charge in [-0.3, -0.25) is 9.59 Å². The molecule has 1 N–H and O–H groups in total. The Hall–Kier alpha value is -2.77. The Labute approximate surface area is 162 Å². The first-order valence-corrected chi connectivity index (χ1v) is 9.54. The summed E-state index contributed by atoms with van der Waals surface area (Å²) in [5.74, 6) is -2.70. The molecule has 2 aromatic rings. The highest BCUT2D eigenvalue weighted by Gasteiger charge is 2.29. The van der Waals surface area contributed by atoms with E-state index in [1.54, 1.807) is 16.5 Å². The summed E-state index contributed by atoms with van der Waals surface area (Å²) in [6, 6.07) is 3.36. The minimum Gasteiger partial charge on any atom is -0.340 e. The lowest BCUT2D eigenvalue weighted by Gasteiger charge is -2.19. The molecule has 2 heterocycles. The van der Waals surface area contributed by atoms with Gasteiger partial charge in [0.2, 0.25) is 0 Å². The zero-order valence-electron chi connectivity index (χ0n) is 16.1. The van der Waals surface area contributed by atoms with Gasteiger partial charge in [0.05, 0.1) is 5.69 Å².